The van der Waals surface area contributed by atoms with Crippen molar-refractivity contribution in [2.45, 2.75) is 25.5 Å². The predicted molar refractivity (Wildman–Crippen MR) is 116 cm³/mol. The van der Waals surface area contributed by atoms with E-state index in [1.807, 2.05) is 31.2 Å². The number of rotatable bonds is 7. The predicted octanol–water partition coefficient (Wildman–Crippen LogP) is 4.04. The molecule has 1 aliphatic heterocycles. The first-order valence-electron chi connectivity index (χ1n) is 9.33. The van der Waals surface area contributed by atoms with E-state index < -0.39 is 5.91 Å². The van der Waals surface area contributed by atoms with Crippen molar-refractivity contribution < 1.29 is 13.9 Å². The number of hydrogen-bond acceptors (Lipinski definition) is 6. The van der Waals surface area contributed by atoms with Crippen molar-refractivity contribution in [3.05, 3.63) is 59.9 Å². The number of halogens is 1. The number of nitrogens with one attached hydrogen (secondary N) is 2. The molecule has 6 nitrogen and oxygen atoms in total. The van der Waals surface area contributed by atoms with E-state index in [1.54, 1.807) is 11.8 Å². The average Bonchev–Trinajstić information content (AvgIpc) is 3.19. The van der Waals surface area contributed by atoms with Gasteiger partial charge in [0.1, 0.15) is 11.6 Å². The number of hydrazone groups is 1. The monoisotopic (exact) mass is 414 g/mol. The quantitative estimate of drug-likeness (QED) is 0.530. The zero-order valence-corrected chi connectivity index (χ0v) is 17.1. The van der Waals surface area contributed by atoms with E-state index in [2.05, 4.69) is 27.8 Å². The molecule has 0 bridgehead atoms. The number of anilines is 1. The summed E-state index contributed by atoms with van der Waals surface area (Å²) in [4.78, 5) is 16.4. The van der Waals surface area contributed by atoms with Crippen LogP contribution < -0.4 is 15.5 Å². The Morgan fingerprint density at radius 2 is 1.97 bits per heavy atom. The van der Waals surface area contributed by atoms with Crippen molar-refractivity contribution in [1.29, 1.82) is 0 Å². The summed E-state index contributed by atoms with van der Waals surface area (Å²) >= 11 is 1.77. The van der Waals surface area contributed by atoms with Crippen LogP contribution in [0.1, 0.15) is 25.8 Å². The topological polar surface area (TPSA) is 75.1 Å². The number of amidine groups is 1. The molecule has 0 saturated heterocycles. The summed E-state index contributed by atoms with van der Waals surface area (Å²) in [7, 11) is 0. The Morgan fingerprint density at radius 3 is 2.62 bits per heavy atom. The van der Waals surface area contributed by atoms with E-state index in [-0.39, 0.29) is 12.4 Å². The SMILES string of the molecule is CC[C@@H]1CN=C(Nc2ccc(/C(C)=N\NC(=O)COc3ccc(F)cc3)cc2)S1. The molecule has 0 radical (unpaired) electrons. The lowest BCUT2D eigenvalue weighted by Gasteiger charge is -2.08. The van der Waals surface area contributed by atoms with E-state index in [0.29, 0.717) is 16.7 Å². The Balaban J connectivity index is 1.47. The van der Waals surface area contributed by atoms with Crippen LogP contribution in [0.3, 0.4) is 0 Å². The Bertz CT molecular complexity index is 898. The minimum atomic E-state index is -0.395. The third-order valence-corrected chi connectivity index (χ3v) is 5.53. The summed E-state index contributed by atoms with van der Waals surface area (Å²) in [6.45, 7) is 4.63. The fraction of sp³-hybridized carbons (Fsp3) is 0.286. The minimum absolute atomic E-state index is 0.205. The van der Waals surface area contributed by atoms with Crippen molar-refractivity contribution in [1.82, 2.24) is 5.43 Å². The highest BCUT2D eigenvalue weighted by molar-refractivity contribution is 8.15. The molecular weight excluding hydrogens is 391 g/mol. The maximum Gasteiger partial charge on any atom is 0.277 e. The summed E-state index contributed by atoms with van der Waals surface area (Å²) in [5, 5.41) is 8.93. The van der Waals surface area contributed by atoms with Gasteiger partial charge in [-0.25, -0.2) is 9.82 Å². The molecule has 3 rings (SSSR count). The summed E-state index contributed by atoms with van der Waals surface area (Å²) < 4.78 is 18.1. The first-order valence-corrected chi connectivity index (χ1v) is 10.2. The third kappa shape index (κ3) is 6.32. The zero-order chi connectivity index (χ0) is 20.6. The van der Waals surface area contributed by atoms with Gasteiger partial charge < -0.3 is 10.1 Å². The Kier molecular flexibility index (Phi) is 7.24. The molecule has 8 heteroatoms. The highest BCUT2D eigenvalue weighted by Crippen LogP contribution is 2.24. The molecule has 0 aromatic heterocycles. The lowest BCUT2D eigenvalue weighted by atomic mass is 10.1. The smallest absolute Gasteiger partial charge is 0.277 e. The van der Waals surface area contributed by atoms with Crippen molar-refractivity contribution in [3.8, 4) is 5.75 Å². The second-order valence-corrected chi connectivity index (χ2v) is 7.76. The highest BCUT2D eigenvalue weighted by atomic mass is 32.2. The molecule has 0 saturated carbocycles. The number of ether oxygens (including phenoxy) is 1. The Hall–Kier alpha value is -2.87. The fourth-order valence-corrected chi connectivity index (χ4v) is 3.50. The highest BCUT2D eigenvalue weighted by Gasteiger charge is 2.17. The molecule has 1 heterocycles. The molecule has 2 aromatic rings. The van der Waals surface area contributed by atoms with E-state index in [1.165, 1.54) is 24.3 Å². The second kappa shape index (κ2) is 10.1. The van der Waals surface area contributed by atoms with Gasteiger partial charge in [0.2, 0.25) is 0 Å². The summed E-state index contributed by atoms with van der Waals surface area (Å²) in [5.74, 6) is -0.335. The molecule has 0 unspecified atom stereocenters. The third-order valence-electron chi connectivity index (χ3n) is 4.26. The summed E-state index contributed by atoms with van der Waals surface area (Å²) in [5.41, 5.74) is 4.98. The van der Waals surface area contributed by atoms with Gasteiger partial charge in [-0.05, 0) is 55.3 Å². The Labute approximate surface area is 173 Å². The van der Waals surface area contributed by atoms with Crippen LogP contribution >= 0.6 is 11.8 Å². The molecule has 1 amide bonds. The van der Waals surface area contributed by atoms with Gasteiger partial charge in [-0.3, -0.25) is 9.79 Å². The molecule has 0 spiro atoms. The van der Waals surface area contributed by atoms with Crippen LogP contribution in [0, 0.1) is 5.82 Å². The number of carbonyl (C=O) groups is 1. The molecule has 152 valence electrons. The number of carbonyl (C=O) groups excluding carboxylic acids is 1. The number of amides is 1. The first kappa shape index (κ1) is 20.9. The zero-order valence-electron chi connectivity index (χ0n) is 16.3. The van der Waals surface area contributed by atoms with Crippen LogP contribution in [0.25, 0.3) is 0 Å². The van der Waals surface area contributed by atoms with Gasteiger partial charge in [-0.1, -0.05) is 30.8 Å². The first-order chi connectivity index (χ1) is 14.0. The number of benzene rings is 2. The van der Waals surface area contributed by atoms with Crippen LogP contribution in [-0.4, -0.2) is 35.2 Å². The maximum absolute atomic E-state index is 12.8. The summed E-state index contributed by atoms with van der Waals surface area (Å²) in [6, 6.07) is 13.2. The van der Waals surface area contributed by atoms with Gasteiger partial charge in [0.15, 0.2) is 11.8 Å². The van der Waals surface area contributed by atoms with Gasteiger partial charge in [-0.2, -0.15) is 5.10 Å². The van der Waals surface area contributed by atoms with E-state index in [9.17, 15) is 9.18 Å². The molecular formula is C21H23FN4O2S. The average molecular weight is 415 g/mol. The van der Waals surface area contributed by atoms with Crippen LogP contribution in [-0.2, 0) is 4.79 Å². The van der Waals surface area contributed by atoms with E-state index >= 15 is 0 Å². The largest absolute Gasteiger partial charge is 0.484 e. The second-order valence-electron chi connectivity index (χ2n) is 6.47. The van der Waals surface area contributed by atoms with Crippen molar-refractivity contribution >= 4 is 34.2 Å². The van der Waals surface area contributed by atoms with Gasteiger partial charge in [0.25, 0.3) is 5.91 Å². The van der Waals surface area contributed by atoms with Crippen molar-refractivity contribution in [2.24, 2.45) is 10.1 Å². The number of aliphatic imine (C=N–C) groups is 1. The normalized spacial score (nSPS) is 16.3. The molecule has 0 aliphatic carbocycles. The lowest BCUT2D eigenvalue weighted by Crippen LogP contribution is -2.25. The van der Waals surface area contributed by atoms with Gasteiger partial charge in [-0.15, -0.1) is 0 Å². The molecule has 0 fully saturated rings. The van der Waals surface area contributed by atoms with Crippen molar-refractivity contribution in [2.75, 3.05) is 18.5 Å². The number of hydrogen-bond donors (Lipinski definition) is 2. The van der Waals surface area contributed by atoms with Gasteiger partial charge >= 0.3 is 0 Å². The molecule has 1 aliphatic rings. The van der Waals surface area contributed by atoms with E-state index in [4.69, 9.17) is 4.74 Å². The molecule has 1 atom stereocenters. The van der Waals surface area contributed by atoms with Gasteiger partial charge in [0.05, 0.1) is 12.3 Å². The lowest BCUT2D eigenvalue weighted by molar-refractivity contribution is -0.123. The van der Waals surface area contributed by atoms with E-state index in [0.717, 1.165) is 29.4 Å². The van der Waals surface area contributed by atoms with Gasteiger partial charge in [0, 0.05) is 10.9 Å². The van der Waals surface area contributed by atoms with Crippen LogP contribution in [0.2, 0.25) is 0 Å². The molecule has 2 aromatic carbocycles. The summed E-state index contributed by atoms with van der Waals surface area (Å²) in [6.07, 6.45) is 1.11. The standard InChI is InChI=1S/C21H23FN4O2S/c1-3-19-12-23-21(29-19)24-17-8-4-15(5-9-17)14(2)25-26-20(27)13-28-18-10-6-16(22)7-11-18/h4-11,19H,3,12-13H2,1-2H3,(H,23,24)(H,26,27)/b25-14-/t19-/m1/s1. The Morgan fingerprint density at radius 1 is 1.24 bits per heavy atom. The van der Waals surface area contributed by atoms with Crippen LogP contribution in [0.5, 0.6) is 5.75 Å². The number of thioether (sulfide) groups is 1. The van der Waals surface area contributed by atoms with Crippen LogP contribution in [0.4, 0.5) is 10.1 Å². The molecule has 2 N–H and O–H groups in total. The fourth-order valence-electron chi connectivity index (χ4n) is 2.54. The van der Waals surface area contributed by atoms with Crippen molar-refractivity contribution in [3.63, 3.8) is 0 Å². The maximum atomic E-state index is 12.8. The molecule has 29 heavy (non-hydrogen) atoms. The van der Waals surface area contributed by atoms with Crippen LogP contribution in [0.15, 0.2) is 58.6 Å². The number of nitrogens with zero attached hydrogens (tertiary/aromatic N) is 2. The minimum Gasteiger partial charge on any atom is -0.484 e.